The Hall–Kier alpha value is -1.06. The van der Waals surface area contributed by atoms with Crippen molar-refractivity contribution >= 4 is 12.4 Å². The maximum absolute atomic E-state index is 11.8. The van der Waals surface area contributed by atoms with Crippen LogP contribution in [-0.4, -0.2) is 36.0 Å². The number of carbonyl (C=O) groups is 2. The highest BCUT2D eigenvalue weighted by Crippen LogP contribution is 2.23. The molecule has 0 rings (SSSR count). The first-order chi connectivity index (χ1) is 7.46. The van der Waals surface area contributed by atoms with Crippen molar-refractivity contribution in [2.24, 2.45) is 5.41 Å². The molecule has 0 aliphatic carbocycles. The van der Waals surface area contributed by atoms with E-state index >= 15 is 0 Å². The van der Waals surface area contributed by atoms with E-state index in [9.17, 15) is 9.59 Å². The summed E-state index contributed by atoms with van der Waals surface area (Å²) in [6, 6.07) is -0.440. The van der Waals surface area contributed by atoms with Crippen molar-refractivity contribution < 1.29 is 14.3 Å². The highest BCUT2D eigenvalue weighted by atomic mass is 16.6. The van der Waals surface area contributed by atoms with Crippen LogP contribution in [0.15, 0.2) is 0 Å². The quantitative estimate of drug-likeness (QED) is 0.716. The van der Waals surface area contributed by atoms with E-state index in [0.29, 0.717) is 6.42 Å². The third-order valence-electron chi connectivity index (χ3n) is 2.16. The van der Waals surface area contributed by atoms with Gasteiger partial charge in [-0.25, -0.2) is 4.79 Å². The number of likely N-dealkylation sites (N-methyl/N-ethyl adjacent to an activating group) is 1. The Morgan fingerprint density at radius 1 is 1.24 bits per heavy atom. The minimum atomic E-state index is -0.541. The first-order valence-corrected chi connectivity index (χ1v) is 5.87. The van der Waals surface area contributed by atoms with Crippen molar-refractivity contribution in [1.29, 1.82) is 0 Å². The fraction of sp³-hybridized carbons (Fsp3) is 0.846. The van der Waals surface area contributed by atoms with Crippen LogP contribution < -0.4 is 0 Å². The Morgan fingerprint density at radius 2 is 1.71 bits per heavy atom. The molecular formula is C13H25NO3. The molecule has 0 saturated carbocycles. The van der Waals surface area contributed by atoms with Gasteiger partial charge in [0.1, 0.15) is 11.9 Å². The maximum Gasteiger partial charge on any atom is 0.410 e. The number of hydrogen-bond donors (Lipinski definition) is 0. The van der Waals surface area contributed by atoms with Gasteiger partial charge in [0, 0.05) is 7.05 Å². The van der Waals surface area contributed by atoms with Crippen molar-refractivity contribution in [3.63, 3.8) is 0 Å². The lowest BCUT2D eigenvalue weighted by molar-refractivity contribution is -0.113. The van der Waals surface area contributed by atoms with Crippen molar-refractivity contribution in [3.8, 4) is 0 Å². The lowest BCUT2D eigenvalue weighted by Crippen LogP contribution is -2.43. The van der Waals surface area contributed by atoms with Crippen LogP contribution in [0.4, 0.5) is 4.79 Å². The van der Waals surface area contributed by atoms with Gasteiger partial charge in [-0.2, -0.15) is 0 Å². The summed E-state index contributed by atoms with van der Waals surface area (Å²) in [5.74, 6) is 0. The van der Waals surface area contributed by atoms with Gasteiger partial charge in [0.05, 0.1) is 6.04 Å². The predicted octanol–water partition coefficient (Wildman–Crippen LogP) is 2.86. The Labute approximate surface area is 104 Å². The lowest BCUT2D eigenvalue weighted by Gasteiger charge is -2.31. The highest BCUT2D eigenvalue weighted by molar-refractivity contribution is 5.73. The van der Waals surface area contributed by atoms with Gasteiger partial charge in [-0.3, -0.25) is 0 Å². The van der Waals surface area contributed by atoms with Gasteiger partial charge in [-0.05, 0) is 32.6 Å². The Balaban J connectivity index is 4.59. The summed E-state index contributed by atoms with van der Waals surface area (Å²) in [6.07, 6.45) is 0.959. The van der Waals surface area contributed by atoms with E-state index in [0.717, 1.165) is 6.29 Å². The average Bonchev–Trinajstić information content (AvgIpc) is 2.08. The monoisotopic (exact) mass is 243 g/mol. The van der Waals surface area contributed by atoms with Gasteiger partial charge in [0.2, 0.25) is 0 Å². The molecule has 0 radical (unpaired) electrons. The molecule has 0 saturated heterocycles. The second kappa shape index (κ2) is 5.52. The lowest BCUT2D eigenvalue weighted by atomic mass is 9.88. The zero-order valence-electron chi connectivity index (χ0n) is 12.0. The minimum Gasteiger partial charge on any atom is -0.444 e. The number of hydrogen-bond acceptors (Lipinski definition) is 3. The number of carbonyl (C=O) groups excluding carboxylic acids is 2. The van der Waals surface area contributed by atoms with E-state index in [1.807, 2.05) is 20.8 Å². The Bertz CT molecular complexity index is 273. The van der Waals surface area contributed by atoms with Crippen molar-refractivity contribution in [2.75, 3.05) is 7.05 Å². The molecule has 0 aromatic rings. The van der Waals surface area contributed by atoms with E-state index in [4.69, 9.17) is 4.74 Å². The molecular weight excluding hydrogens is 218 g/mol. The van der Waals surface area contributed by atoms with Crippen LogP contribution in [-0.2, 0) is 9.53 Å². The summed E-state index contributed by atoms with van der Waals surface area (Å²) >= 11 is 0. The third kappa shape index (κ3) is 6.97. The molecule has 0 spiro atoms. The molecule has 0 aromatic carbocycles. The standard InChI is InChI=1S/C13H25NO3/c1-12(2,3)8-10(9-15)14(7)11(16)17-13(4,5)6/h9-10H,8H2,1-7H3/t10-/m0/s1. The zero-order valence-corrected chi connectivity index (χ0v) is 12.0. The molecule has 0 heterocycles. The maximum atomic E-state index is 11.8. The van der Waals surface area contributed by atoms with E-state index in [2.05, 4.69) is 0 Å². The van der Waals surface area contributed by atoms with Gasteiger partial charge >= 0.3 is 6.09 Å². The summed E-state index contributed by atoms with van der Waals surface area (Å²) in [5.41, 5.74) is -0.553. The van der Waals surface area contributed by atoms with Crippen molar-refractivity contribution in [2.45, 2.75) is 59.6 Å². The van der Waals surface area contributed by atoms with Gasteiger partial charge in [-0.1, -0.05) is 20.8 Å². The number of nitrogens with zero attached hydrogens (tertiary/aromatic N) is 1. The molecule has 0 bridgehead atoms. The third-order valence-corrected chi connectivity index (χ3v) is 2.16. The van der Waals surface area contributed by atoms with Gasteiger partial charge in [-0.15, -0.1) is 0 Å². The van der Waals surface area contributed by atoms with Crippen LogP contribution in [0, 0.1) is 5.41 Å². The van der Waals surface area contributed by atoms with Crippen LogP contribution >= 0.6 is 0 Å². The molecule has 100 valence electrons. The van der Waals surface area contributed by atoms with Crippen molar-refractivity contribution in [1.82, 2.24) is 4.90 Å². The summed E-state index contributed by atoms with van der Waals surface area (Å²) in [6.45, 7) is 11.5. The topological polar surface area (TPSA) is 46.6 Å². The van der Waals surface area contributed by atoms with E-state index in [-0.39, 0.29) is 5.41 Å². The summed E-state index contributed by atoms with van der Waals surface area (Å²) in [4.78, 5) is 24.2. The molecule has 0 aliphatic rings. The molecule has 17 heavy (non-hydrogen) atoms. The molecule has 1 amide bonds. The molecule has 0 unspecified atom stereocenters. The largest absolute Gasteiger partial charge is 0.444 e. The SMILES string of the molecule is CN(C(=O)OC(C)(C)C)[C@H](C=O)CC(C)(C)C. The summed E-state index contributed by atoms with van der Waals surface area (Å²) in [7, 11) is 1.60. The number of aldehydes is 1. The molecule has 1 atom stereocenters. The van der Waals surface area contributed by atoms with Gasteiger partial charge < -0.3 is 14.4 Å². The molecule has 4 heteroatoms. The van der Waals surface area contributed by atoms with Crippen LogP contribution in [0.5, 0.6) is 0 Å². The second-order valence-electron chi connectivity index (χ2n) is 6.56. The fourth-order valence-corrected chi connectivity index (χ4v) is 1.37. The summed E-state index contributed by atoms with van der Waals surface area (Å²) in [5, 5.41) is 0. The van der Waals surface area contributed by atoms with Crippen molar-refractivity contribution in [3.05, 3.63) is 0 Å². The molecule has 0 aliphatic heterocycles. The fourth-order valence-electron chi connectivity index (χ4n) is 1.37. The second-order valence-corrected chi connectivity index (χ2v) is 6.56. The minimum absolute atomic E-state index is 0.0121. The first-order valence-electron chi connectivity index (χ1n) is 5.87. The molecule has 0 N–H and O–H groups in total. The van der Waals surface area contributed by atoms with Crippen LogP contribution in [0.1, 0.15) is 48.0 Å². The number of amides is 1. The van der Waals surface area contributed by atoms with Crippen LogP contribution in [0.25, 0.3) is 0 Å². The van der Waals surface area contributed by atoms with Crippen LogP contribution in [0.3, 0.4) is 0 Å². The molecule has 0 aromatic heterocycles. The summed E-state index contributed by atoms with van der Waals surface area (Å²) < 4.78 is 5.22. The Kier molecular flexibility index (Phi) is 5.17. The highest BCUT2D eigenvalue weighted by Gasteiger charge is 2.28. The molecule has 4 nitrogen and oxygen atoms in total. The normalized spacial score (nSPS) is 14.1. The van der Waals surface area contributed by atoms with E-state index in [1.54, 1.807) is 27.8 Å². The van der Waals surface area contributed by atoms with E-state index < -0.39 is 17.7 Å². The zero-order chi connectivity index (χ0) is 13.9. The first kappa shape index (κ1) is 15.9. The Morgan fingerprint density at radius 3 is 2.00 bits per heavy atom. The van der Waals surface area contributed by atoms with Crippen LogP contribution in [0.2, 0.25) is 0 Å². The van der Waals surface area contributed by atoms with E-state index in [1.165, 1.54) is 4.90 Å². The predicted molar refractivity (Wildman–Crippen MR) is 67.9 cm³/mol. The van der Waals surface area contributed by atoms with Gasteiger partial charge in [0.15, 0.2) is 0 Å². The molecule has 0 fully saturated rings. The number of rotatable bonds is 3. The smallest absolute Gasteiger partial charge is 0.410 e. The number of ether oxygens (including phenoxy) is 1. The van der Waals surface area contributed by atoms with Gasteiger partial charge in [0.25, 0.3) is 0 Å². The average molecular weight is 243 g/mol.